The monoisotopic (exact) mass is 242 g/mol. The number of alkyl halides is 4. The minimum absolute atomic E-state index is 0.0933. The van der Waals surface area contributed by atoms with Gasteiger partial charge in [0.05, 0.1) is 6.54 Å². The maximum absolute atomic E-state index is 12.4. The second kappa shape index (κ2) is 4.99. The highest BCUT2D eigenvalue weighted by molar-refractivity contribution is 5.76. The van der Waals surface area contributed by atoms with Crippen molar-refractivity contribution in [2.75, 3.05) is 6.54 Å². The molecule has 3 nitrogen and oxygen atoms in total. The van der Waals surface area contributed by atoms with Gasteiger partial charge in [0.2, 0.25) is 5.91 Å². The molecule has 0 aromatic carbocycles. The van der Waals surface area contributed by atoms with Crippen LogP contribution in [0.25, 0.3) is 0 Å². The zero-order valence-electron chi connectivity index (χ0n) is 8.56. The summed E-state index contributed by atoms with van der Waals surface area (Å²) in [5.74, 6) is -4.62. The number of carbonyl (C=O) groups excluding carboxylic acids is 1. The first-order valence-corrected chi connectivity index (χ1v) is 5.01. The molecule has 0 bridgehead atoms. The lowest BCUT2D eigenvalue weighted by atomic mass is 10.1. The van der Waals surface area contributed by atoms with Crippen molar-refractivity contribution in [2.45, 2.75) is 37.7 Å². The van der Waals surface area contributed by atoms with Gasteiger partial charge in [-0.05, 0) is 18.8 Å². The van der Waals surface area contributed by atoms with Crippen LogP contribution in [0.2, 0.25) is 0 Å². The zero-order chi connectivity index (χ0) is 12.3. The third kappa shape index (κ3) is 3.96. The maximum Gasteiger partial charge on any atom is 0.324 e. The van der Waals surface area contributed by atoms with Gasteiger partial charge >= 0.3 is 12.3 Å². The number of nitrogens with one attached hydrogen (secondary N) is 1. The van der Waals surface area contributed by atoms with Gasteiger partial charge in [0.25, 0.3) is 0 Å². The SMILES string of the molecule is NC(CC(=O)NCC(F)(F)C(F)F)C1CC1. The van der Waals surface area contributed by atoms with E-state index in [-0.39, 0.29) is 18.4 Å². The molecule has 16 heavy (non-hydrogen) atoms. The number of hydrogen-bond donors (Lipinski definition) is 2. The molecule has 1 aliphatic rings. The van der Waals surface area contributed by atoms with E-state index in [0.717, 1.165) is 12.8 Å². The lowest BCUT2D eigenvalue weighted by Gasteiger charge is -2.16. The molecule has 7 heteroatoms. The first-order chi connectivity index (χ1) is 7.33. The van der Waals surface area contributed by atoms with Crippen molar-refractivity contribution >= 4 is 5.91 Å². The minimum Gasteiger partial charge on any atom is -0.350 e. The summed E-state index contributed by atoms with van der Waals surface area (Å²) in [6.45, 7) is -1.35. The molecule has 1 amide bonds. The van der Waals surface area contributed by atoms with Crippen LogP contribution < -0.4 is 11.1 Å². The molecule has 1 aliphatic carbocycles. The first kappa shape index (κ1) is 13.2. The third-order valence-electron chi connectivity index (χ3n) is 2.49. The molecule has 1 atom stereocenters. The molecule has 3 N–H and O–H groups in total. The largest absolute Gasteiger partial charge is 0.350 e. The summed E-state index contributed by atoms with van der Waals surface area (Å²) in [5, 5.41) is 1.77. The van der Waals surface area contributed by atoms with Crippen molar-refractivity contribution < 1.29 is 22.4 Å². The first-order valence-electron chi connectivity index (χ1n) is 5.01. The van der Waals surface area contributed by atoms with E-state index in [1.54, 1.807) is 5.32 Å². The van der Waals surface area contributed by atoms with E-state index >= 15 is 0 Å². The van der Waals surface area contributed by atoms with Gasteiger partial charge in [0, 0.05) is 12.5 Å². The van der Waals surface area contributed by atoms with E-state index in [1.807, 2.05) is 0 Å². The smallest absolute Gasteiger partial charge is 0.324 e. The highest BCUT2D eigenvalue weighted by Crippen LogP contribution is 2.32. The van der Waals surface area contributed by atoms with Crippen molar-refractivity contribution in [1.82, 2.24) is 5.32 Å². The Labute approximate surface area is 90.4 Å². The second-order valence-electron chi connectivity index (χ2n) is 4.04. The average Bonchev–Trinajstić information content (AvgIpc) is 2.97. The minimum atomic E-state index is -4.18. The quantitative estimate of drug-likeness (QED) is 0.686. The molecule has 0 aromatic rings. The molecule has 1 unspecified atom stereocenters. The third-order valence-corrected chi connectivity index (χ3v) is 2.49. The van der Waals surface area contributed by atoms with Crippen LogP contribution in [0.15, 0.2) is 0 Å². The number of amides is 1. The summed E-state index contributed by atoms with van der Waals surface area (Å²) in [7, 11) is 0. The number of carbonyl (C=O) groups is 1. The molecule has 1 rings (SSSR count). The summed E-state index contributed by atoms with van der Waals surface area (Å²) in [6.07, 6.45) is -2.00. The Morgan fingerprint density at radius 2 is 2.00 bits per heavy atom. The number of rotatable bonds is 6. The van der Waals surface area contributed by atoms with Gasteiger partial charge < -0.3 is 11.1 Å². The molecular weight excluding hydrogens is 228 g/mol. The molecule has 94 valence electrons. The normalized spacial score (nSPS) is 18.6. The standard InChI is InChI=1S/C9H14F4N2O/c10-8(11)9(12,13)4-15-7(16)3-6(14)5-1-2-5/h5-6,8H,1-4,14H2,(H,15,16). The van der Waals surface area contributed by atoms with Crippen molar-refractivity contribution in [3.8, 4) is 0 Å². The molecule has 0 heterocycles. The van der Waals surface area contributed by atoms with Gasteiger partial charge in [-0.2, -0.15) is 8.78 Å². The Morgan fingerprint density at radius 1 is 1.44 bits per heavy atom. The van der Waals surface area contributed by atoms with E-state index in [0.29, 0.717) is 0 Å². The molecule has 1 saturated carbocycles. The highest BCUT2D eigenvalue weighted by Gasteiger charge is 2.41. The Morgan fingerprint density at radius 3 is 2.44 bits per heavy atom. The predicted octanol–water partition coefficient (Wildman–Crippen LogP) is 1.13. The average molecular weight is 242 g/mol. The molecule has 0 saturated heterocycles. The fourth-order valence-corrected chi connectivity index (χ4v) is 1.27. The fourth-order valence-electron chi connectivity index (χ4n) is 1.27. The van der Waals surface area contributed by atoms with Crippen LogP contribution in [0.4, 0.5) is 17.6 Å². The van der Waals surface area contributed by atoms with Crippen molar-refractivity contribution in [2.24, 2.45) is 11.7 Å². The Balaban J connectivity index is 2.23. The van der Waals surface area contributed by atoms with Crippen LogP contribution in [-0.4, -0.2) is 30.8 Å². The topological polar surface area (TPSA) is 55.1 Å². The molecular formula is C9H14F4N2O. The van der Waals surface area contributed by atoms with Crippen molar-refractivity contribution in [1.29, 1.82) is 0 Å². The van der Waals surface area contributed by atoms with Crippen molar-refractivity contribution in [3.05, 3.63) is 0 Å². The van der Waals surface area contributed by atoms with Crippen molar-refractivity contribution in [3.63, 3.8) is 0 Å². The Bertz CT molecular complexity index is 256. The molecule has 0 radical (unpaired) electrons. The lowest BCUT2D eigenvalue weighted by Crippen LogP contribution is -2.43. The van der Waals surface area contributed by atoms with E-state index in [4.69, 9.17) is 5.73 Å². The second-order valence-corrected chi connectivity index (χ2v) is 4.04. The summed E-state index contributed by atoms with van der Waals surface area (Å²) in [6, 6.07) is -0.361. The molecule has 0 aromatic heterocycles. The van der Waals surface area contributed by atoms with Gasteiger partial charge in [-0.1, -0.05) is 0 Å². The summed E-state index contributed by atoms with van der Waals surface area (Å²) < 4.78 is 48.3. The predicted molar refractivity (Wildman–Crippen MR) is 49.3 cm³/mol. The summed E-state index contributed by atoms with van der Waals surface area (Å²) >= 11 is 0. The van der Waals surface area contributed by atoms with Crippen LogP contribution in [0.1, 0.15) is 19.3 Å². The van der Waals surface area contributed by atoms with Crippen LogP contribution in [-0.2, 0) is 4.79 Å². The number of hydrogen-bond acceptors (Lipinski definition) is 2. The number of nitrogens with two attached hydrogens (primary N) is 1. The van der Waals surface area contributed by atoms with Crippen LogP contribution in [0, 0.1) is 5.92 Å². The van der Waals surface area contributed by atoms with Gasteiger partial charge in [0.15, 0.2) is 0 Å². The lowest BCUT2D eigenvalue weighted by molar-refractivity contribution is -0.136. The van der Waals surface area contributed by atoms with Crippen LogP contribution in [0.3, 0.4) is 0 Å². The van der Waals surface area contributed by atoms with E-state index < -0.39 is 24.8 Å². The fraction of sp³-hybridized carbons (Fsp3) is 0.889. The van der Waals surface area contributed by atoms with E-state index in [9.17, 15) is 22.4 Å². The molecule has 0 aliphatic heterocycles. The molecule has 0 spiro atoms. The maximum atomic E-state index is 12.4. The van der Waals surface area contributed by atoms with Gasteiger partial charge in [0.1, 0.15) is 0 Å². The summed E-state index contributed by atoms with van der Waals surface area (Å²) in [5.41, 5.74) is 5.58. The number of halogens is 4. The zero-order valence-corrected chi connectivity index (χ0v) is 8.56. The Hall–Kier alpha value is -0.850. The van der Waals surface area contributed by atoms with E-state index in [2.05, 4.69) is 0 Å². The van der Waals surface area contributed by atoms with Crippen LogP contribution in [0.5, 0.6) is 0 Å². The summed E-state index contributed by atoms with van der Waals surface area (Å²) in [4.78, 5) is 11.1. The van der Waals surface area contributed by atoms with Gasteiger partial charge in [-0.15, -0.1) is 0 Å². The molecule has 1 fully saturated rings. The van der Waals surface area contributed by atoms with E-state index in [1.165, 1.54) is 0 Å². The highest BCUT2D eigenvalue weighted by atomic mass is 19.3. The van der Waals surface area contributed by atoms with Gasteiger partial charge in [-0.25, -0.2) is 8.78 Å². The van der Waals surface area contributed by atoms with Crippen LogP contribution >= 0.6 is 0 Å². The van der Waals surface area contributed by atoms with Gasteiger partial charge in [-0.3, -0.25) is 4.79 Å². The Kier molecular flexibility index (Phi) is 4.12.